The van der Waals surface area contributed by atoms with Gasteiger partial charge in [-0.15, -0.1) is 0 Å². The molecule has 0 radical (unpaired) electrons. The van der Waals surface area contributed by atoms with Crippen molar-refractivity contribution < 1.29 is 14.1 Å². The van der Waals surface area contributed by atoms with Gasteiger partial charge in [0, 0.05) is 10.6 Å². The molecule has 0 aromatic heterocycles. The molecule has 0 fully saturated rings. The summed E-state index contributed by atoms with van der Waals surface area (Å²) in [5, 5.41) is 17.9. The molecule has 1 aromatic carbocycles. The van der Waals surface area contributed by atoms with Crippen molar-refractivity contribution in [2.75, 3.05) is 5.75 Å². The van der Waals surface area contributed by atoms with E-state index in [-0.39, 0.29) is 5.56 Å². The number of nitrogens with zero attached hydrogens (tertiary/aromatic N) is 1. The number of aryl methyl sites for hydroxylation is 1. The summed E-state index contributed by atoms with van der Waals surface area (Å²) in [6, 6.07) is 6.95. The zero-order chi connectivity index (χ0) is 14.6. The van der Waals surface area contributed by atoms with Gasteiger partial charge in [0.05, 0.1) is 27.8 Å². The smallest absolute Gasteiger partial charge is 0.335 e. The highest BCUT2D eigenvalue weighted by molar-refractivity contribution is 7.85. The average Bonchev–Trinajstić information content (AvgIpc) is 2.36. The van der Waals surface area contributed by atoms with Gasteiger partial charge in [-0.1, -0.05) is 6.07 Å². The number of carbonyl (C=O) groups is 1. The Hall–Kier alpha value is -1.67. The van der Waals surface area contributed by atoms with Crippen LogP contribution in [0.1, 0.15) is 36.2 Å². The highest BCUT2D eigenvalue weighted by atomic mass is 32.2. The fourth-order valence-electron chi connectivity index (χ4n) is 1.49. The Morgan fingerprint density at radius 3 is 2.63 bits per heavy atom. The predicted octanol–water partition coefficient (Wildman–Crippen LogP) is 2.74. The molecule has 1 atom stereocenters. The number of carboxylic acids is 1. The molecule has 1 rings (SSSR count). The van der Waals surface area contributed by atoms with E-state index in [1.54, 1.807) is 32.9 Å². The van der Waals surface area contributed by atoms with Gasteiger partial charge in [0.25, 0.3) is 0 Å². The van der Waals surface area contributed by atoms with Gasteiger partial charge in [-0.3, -0.25) is 4.21 Å². The lowest BCUT2D eigenvalue weighted by Crippen LogP contribution is -2.13. The number of nitriles is 1. The number of aromatic carboxylic acids is 1. The Morgan fingerprint density at radius 1 is 1.47 bits per heavy atom. The van der Waals surface area contributed by atoms with Crippen LogP contribution in [0, 0.1) is 23.7 Å². The van der Waals surface area contributed by atoms with Gasteiger partial charge in [0.1, 0.15) is 0 Å². The molecule has 5 heteroatoms. The largest absolute Gasteiger partial charge is 0.478 e. The van der Waals surface area contributed by atoms with E-state index in [9.17, 15) is 9.00 Å². The average molecular weight is 279 g/mol. The Balaban J connectivity index is 2.87. The normalized spacial score (nSPS) is 12.7. The third-order valence-corrected chi connectivity index (χ3v) is 4.27. The van der Waals surface area contributed by atoms with E-state index in [1.807, 2.05) is 0 Å². The minimum absolute atomic E-state index is 0.172. The minimum atomic E-state index is -1.28. The van der Waals surface area contributed by atoms with Gasteiger partial charge in [-0.25, -0.2) is 4.79 Å². The lowest BCUT2D eigenvalue weighted by Gasteiger charge is -2.14. The Bertz CT molecular complexity index is 558. The quantitative estimate of drug-likeness (QED) is 0.899. The molecule has 102 valence electrons. The Morgan fingerprint density at radius 2 is 2.11 bits per heavy atom. The summed E-state index contributed by atoms with van der Waals surface area (Å²) in [6.45, 7) is 5.29. The van der Waals surface area contributed by atoms with E-state index >= 15 is 0 Å². The summed E-state index contributed by atoms with van der Waals surface area (Å²) in [6.07, 6.45) is 0.506. The molecule has 0 saturated heterocycles. The van der Waals surface area contributed by atoms with Crippen molar-refractivity contribution in [3.8, 4) is 6.07 Å². The van der Waals surface area contributed by atoms with E-state index in [1.165, 1.54) is 6.07 Å². The van der Waals surface area contributed by atoms with Crippen LogP contribution in [0.15, 0.2) is 23.1 Å². The van der Waals surface area contributed by atoms with Gasteiger partial charge < -0.3 is 5.11 Å². The second-order valence-electron chi connectivity index (χ2n) is 5.08. The maximum absolute atomic E-state index is 12.1. The molecule has 1 N–H and O–H groups in total. The fraction of sp³-hybridized carbons (Fsp3) is 0.429. The molecule has 4 nitrogen and oxygen atoms in total. The third kappa shape index (κ3) is 4.18. The first-order chi connectivity index (χ1) is 8.76. The van der Waals surface area contributed by atoms with E-state index < -0.39 is 22.2 Å². The predicted molar refractivity (Wildman–Crippen MR) is 73.4 cm³/mol. The molecule has 0 saturated carbocycles. The van der Waals surface area contributed by atoms with Gasteiger partial charge in [0.15, 0.2) is 0 Å². The molecule has 1 unspecified atom stereocenters. The van der Waals surface area contributed by atoms with Crippen LogP contribution in [-0.4, -0.2) is 21.0 Å². The summed E-state index contributed by atoms with van der Waals surface area (Å²) in [5.41, 5.74) is 0.298. The van der Waals surface area contributed by atoms with Gasteiger partial charge in [-0.05, 0) is 44.9 Å². The van der Waals surface area contributed by atoms with Crippen molar-refractivity contribution >= 4 is 16.8 Å². The second-order valence-corrected chi connectivity index (χ2v) is 6.65. The van der Waals surface area contributed by atoms with Crippen LogP contribution in [0.5, 0.6) is 0 Å². The lowest BCUT2D eigenvalue weighted by molar-refractivity contribution is 0.0696. The topological polar surface area (TPSA) is 78.2 Å². The van der Waals surface area contributed by atoms with Crippen LogP contribution in [0.25, 0.3) is 0 Å². The SMILES string of the molecule is Cc1ccc(S(=O)CCC(C)(C)C#N)cc1C(=O)O. The summed E-state index contributed by atoms with van der Waals surface area (Å²) >= 11 is 0. The van der Waals surface area contributed by atoms with Gasteiger partial charge >= 0.3 is 5.97 Å². The molecule has 0 aliphatic heterocycles. The fourth-order valence-corrected chi connectivity index (χ4v) is 2.90. The van der Waals surface area contributed by atoms with Crippen molar-refractivity contribution in [1.29, 1.82) is 5.26 Å². The number of hydrogen-bond donors (Lipinski definition) is 1. The summed E-state index contributed by atoms with van der Waals surface area (Å²) in [7, 11) is -1.28. The Labute approximate surface area is 115 Å². The first kappa shape index (κ1) is 15.4. The van der Waals surface area contributed by atoms with Crippen LogP contribution in [-0.2, 0) is 10.8 Å². The highest BCUT2D eigenvalue weighted by Gasteiger charge is 2.19. The second kappa shape index (κ2) is 5.98. The summed E-state index contributed by atoms with van der Waals surface area (Å²) < 4.78 is 12.1. The standard InChI is InChI=1S/C14H17NO3S/c1-10-4-5-11(8-12(10)13(16)17)19(18)7-6-14(2,3)9-15/h4-5,8H,6-7H2,1-3H3,(H,16,17). The van der Waals surface area contributed by atoms with Gasteiger partial charge in [0.2, 0.25) is 0 Å². The molecule has 0 spiro atoms. The lowest BCUT2D eigenvalue weighted by atomic mass is 9.93. The molecule has 0 aliphatic rings. The molecule has 1 aromatic rings. The first-order valence-electron chi connectivity index (χ1n) is 5.90. The molecule has 0 aliphatic carbocycles. The zero-order valence-corrected chi connectivity index (χ0v) is 12.1. The van der Waals surface area contributed by atoms with Gasteiger partial charge in [-0.2, -0.15) is 5.26 Å². The van der Waals surface area contributed by atoms with Crippen molar-refractivity contribution in [1.82, 2.24) is 0 Å². The molecule has 0 heterocycles. The van der Waals surface area contributed by atoms with Crippen LogP contribution in [0.4, 0.5) is 0 Å². The van der Waals surface area contributed by atoms with E-state index in [0.29, 0.717) is 22.6 Å². The van der Waals surface area contributed by atoms with Crippen LogP contribution >= 0.6 is 0 Å². The van der Waals surface area contributed by atoms with Crippen molar-refractivity contribution in [3.63, 3.8) is 0 Å². The maximum Gasteiger partial charge on any atom is 0.335 e. The number of rotatable bonds is 5. The van der Waals surface area contributed by atoms with E-state index in [4.69, 9.17) is 10.4 Å². The maximum atomic E-state index is 12.1. The zero-order valence-electron chi connectivity index (χ0n) is 11.3. The third-order valence-electron chi connectivity index (χ3n) is 2.92. The highest BCUT2D eigenvalue weighted by Crippen LogP contribution is 2.21. The molecular formula is C14H17NO3S. The molecule has 19 heavy (non-hydrogen) atoms. The van der Waals surface area contributed by atoms with Crippen LogP contribution < -0.4 is 0 Å². The minimum Gasteiger partial charge on any atom is -0.478 e. The summed E-state index contributed by atoms with van der Waals surface area (Å²) in [5.74, 6) is -0.670. The molecule has 0 bridgehead atoms. The van der Waals surface area contributed by atoms with Crippen molar-refractivity contribution in [2.24, 2.45) is 5.41 Å². The first-order valence-corrected chi connectivity index (χ1v) is 7.22. The molecular weight excluding hydrogens is 262 g/mol. The Kier molecular flexibility index (Phi) is 4.84. The van der Waals surface area contributed by atoms with E-state index in [0.717, 1.165) is 0 Å². The number of carboxylic acid groups (broad SMARTS) is 1. The van der Waals surface area contributed by atoms with Crippen molar-refractivity contribution in [3.05, 3.63) is 29.3 Å². The van der Waals surface area contributed by atoms with Crippen LogP contribution in [0.3, 0.4) is 0 Å². The van der Waals surface area contributed by atoms with E-state index in [2.05, 4.69) is 6.07 Å². The van der Waals surface area contributed by atoms with Crippen molar-refractivity contribution in [2.45, 2.75) is 32.1 Å². The summed E-state index contributed by atoms with van der Waals surface area (Å²) in [4.78, 5) is 11.5. The monoisotopic (exact) mass is 279 g/mol. The molecule has 0 amide bonds. The number of hydrogen-bond acceptors (Lipinski definition) is 3. The number of benzene rings is 1. The van der Waals surface area contributed by atoms with Crippen LogP contribution in [0.2, 0.25) is 0 Å².